The molecular formula is C17H24N4O3. The lowest BCUT2D eigenvalue weighted by Gasteiger charge is -2.16. The maximum absolute atomic E-state index is 12.5. The number of aromatic nitrogens is 3. The predicted octanol–water partition coefficient (Wildman–Crippen LogP) is 1.04. The number of aryl methyl sites for hydroxylation is 1. The lowest BCUT2D eigenvalue weighted by Crippen LogP contribution is -2.32. The fraction of sp³-hybridized carbons (Fsp3) is 0.471. The predicted molar refractivity (Wildman–Crippen MR) is 91.2 cm³/mol. The van der Waals surface area contributed by atoms with Crippen molar-refractivity contribution in [2.45, 2.75) is 45.3 Å². The van der Waals surface area contributed by atoms with Crippen molar-refractivity contribution in [3.05, 3.63) is 46.6 Å². The van der Waals surface area contributed by atoms with Crippen molar-refractivity contribution in [3.8, 4) is 5.69 Å². The zero-order chi connectivity index (χ0) is 17.7. The van der Waals surface area contributed by atoms with E-state index in [2.05, 4.69) is 10.4 Å². The Bertz CT molecular complexity index is 731. The fourth-order valence-corrected chi connectivity index (χ4v) is 2.65. The molecule has 1 heterocycles. The highest BCUT2D eigenvalue weighted by atomic mass is 16.3. The molecule has 1 unspecified atom stereocenters. The zero-order valence-corrected chi connectivity index (χ0v) is 14.3. The van der Waals surface area contributed by atoms with Gasteiger partial charge in [-0.15, -0.1) is 0 Å². The van der Waals surface area contributed by atoms with Crippen LogP contribution in [0.4, 0.5) is 0 Å². The minimum Gasteiger partial charge on any atom is -0.391 e. The highest BCUT2D eigenvalue weighted by molar-refractivity contribution is 5.75. The number of hydrogen-bond acceptors (Lipinski definition) is 4. The summed E-state index contributed by atoms with van der Waals surface area (Å²) in [5.74, 6) is 0.000281. The Morgan fingerprint density at radius 2 is 2.00 bits per heavy atom. The lowest BCUT2D eigenvalue weighted by atomic mass is 10.1. The second-order valence-corrected chi connectivity index (χ2v) is 5.78. The molecule has 0 saturated heterocycles. The Balaban J connectivity index is 2.19. The van der Waals surface area contributed by atoms with Crippen molar-refractivity contribution in [2.75, 3.05) is 7.05 Å². The first kappa shape index (κ1) is 17.9. The largest absolute Gasteiger partial charge is 0.391 e. The highest BCUT2D eigenvalue weighted by Gasteiger charge is 2.19. The van der Waals surface area contributed by atoms with Crippen LogP contribution in [0, 0.1) is 0 Å². The number of nitrogens with zero attached hydrogens (tertiary/aromatic N) is 3. The molecule has 1 aromatic heterocycles. The number of hydrogen-bond donors (Lipinski definition) is 2. The molecule has 0 saturated carbocycles. The van der Waals surface area contributed by atoms with Crippen molar-refractivity contribution in [1.29, 1.82) is 0 Å². The molecule has 24 heavy (non-hydrogen) atoms. The molecule has 0 spiro atoms. The monoisotopic (exact) mass is 332 g/mol. The lowest BCUT2D eigenvalue weighted by molar-refractivity contribution is -0.120. The van der Waals surface area contributed by atoms with E-state index in [0.717, 1.165) is 5.56 Å². The summed E-state index contributed by atoms with van der Waals surface area (Å²) in [6.07, 6.45) is 2.51. The van der Waals surface area contributed by atoms with E-state index in [0.29, 0.717) is 24.9 Å². The zero-order valence-electron chi connectivity index (χ0n) is 14.3. The summed E-state index contributed by atoms with van der Waals surface area (Å²) in [6, 6.07) is 7.11. The summed E-state index contributed by atoms with van der Waals surface area (Å²) in [5.41, 5.74) is 1.45. The first-order chi connectivity index (χ1) is 11.5. The topological polar surface area (TPSA) is 89.2 Å². The van der Waals surface area contributed by atoms with Crippen LogP contribution < -0.4 is 11.0 Å². The standard InChI is InChI=1S/C17H24N4O3/c1-4-15(12(2)22)21-17(24)20(11-19-21)14-8-5-13(6-9-14)7-10-16(23)18-3/h5-6,8-9,11-12,15,22H,4,7,10H2,1-3H3,(H,18,23)/t12-,15?/m0/s1. The molecule has 0 fully saturated rings. The summed E-state index contributed by atoms with van der Waals surface area (Å²) in [4.78, 5) is 23.8. The van der Waals surface area contributed by atoms with Gasteiger partial charge in [0.2, 0.25) is 5.91 Å². The first-order valence-corrected chi connectivity index (χ1v) is 8.12. The van der Waals surface area contributed by atoms with Crippen LogP contribution in [0.5, 0.6) is 0 Å². The molecule has 0 aliphatic carbocycles. The van der Waals surface area contributed by atoms with Crippen molar-refractivity contribution < 1.29 is 9.90 Å². The Morgan fingerprint density at radius 1 is 1.33 bits per heavy atom. The van der Waals surface area contributed by atoms with Crippen molar-refractivity contribution in [3.63, 3.8) is 0 Å². The molecule has 7 heteroatoms. The van der Waals surface area contributed by atoms with Gasteiger partial charge in [-0.3, -0.25) is 4.79 Å². The van der Waals surface area contributed by atoms with Crippen LogP contribution in [0.1, 0.15) is 38.3 Å². The average Bonchev–Trinajstić information content (AvgIpc) is 2.95. The Labute approximate surface area is 140 Å². The number of rotatable bonds is 7. The summed E-state index contributed by atoms with van der Waals surface area (Å²) in [6.45, 7) is 3.56. The van der Waals surface area contributed by atoms with E-state index in [9.17, 15) is 14.7 Å². The molecule has 2 N–H and O–H groups in total. The Kier molecular flexibility index (Phi) is 5.92. The van der Waals surface area contributed by atoms with Crippen molar-refractivity contribution >= 4 is 5.91 Å². The first-order valence-electron chi connectivity index (χ1n) is 8.12. The van der Waals surface area contributed by atoms with Crippen LogP contribution in [0.15, 0.2) is 35.4 Å². The van der Waals surface area contributed by atoms with Gasteiger partial charge in [0.05, 0.1) is 17.8 Å². The van der Waals surface area contributed by atoms with E-state index < -0.39 is 6.10 Å². The van der Waals surface area contributed by atoms with Gasteiger partial charge in [0.25, 0.3) is 0 Å². The van der Waals surface area contributed by atoms with Gasteiger partial charge in [-0.25, -0.2) is 14.0 Å². The van der Waals surface area contributed by atoms with E-state index in [1.54, 1.807) is 14.0 Å². The summed E-state index contributed by atoms with van der Waals surface area (Å²) >= 11 is 0. The number of aliphatic hydroxyl groups is 1. The number of nitrogens with one attached hydrogen (secondary N) is 1. The minimum absolute atomic E-state index is 0.000281. The van der Waals surface area contributed by atoms with Gasteiger partial charge in [0.1, 0.15) is 6.33 Å². The molecule has 2 aromatic rings. The molecule has 7 nitrogen and oxygen atoms in total. The van der Waals surface area contributed by atoms with Gasteiger partial charge < -0.3 is 10.4 Å². The van der Waals surface area contributed by atoms with E-state index in [-0.39, 0.29) is 17.6 Å². The molecule has 1 aromatic carbocycles. The van der Waals surface area contributed by atoms with Crippen LogP contribution in [0.2, 0.25) is 0 Å². The van der Waals surface area contributed by atoms with Gasteiger partial charge in [0.15, 0.2) is 0 Å². The third kappa shape index (κ3) is 3.91. The Morgan fingerprint density at radius 3 is 2.54 bits per heavy atom. The molecule has 2 atom stereocenters. The molecular weight excluding hydrogens is 308 g/mol. The second-order valence-electron chi connectivity index (χ2n) is 5.78. The molecule has 0 aliphatic rings. The third-order valence-corrected chi connectivity index (χ3v) is 4.12. The Hall–Kier alpha value is -2.41. The van der Waals surface area contributed by atoms with Crippen LogP contribution in [-0.2, 0) is 11.2 Å². The summed E-state index contributed by atoms with van der Waals surface area (Å²) in [7, 11) is 1.62. The quantitative estimate of drug-likeness (QED) is 0.793. The normalized spacial score (nSPS) is 13.5. The minimum atomic E-state index is -0.650. The van der Waals surface area contributed by atoms with Crippen molar-refractivity contribution in [1.82, 2.24) is 19.7 Å². The van der Waals surface area contributed by atoms with E-state index in [4.69, 9.17) is 0 Å². The maximum atomic E-state index is 12.5. The molecule has 130 valence electrons. The number of carbonyl (C=O) groups excluding carboxylic acids is 1. The molecule has 0 radical (unpaired) electrons. The highest BCUT2D eigenvalue weighted by Crippen LogP contribution is 2.14. The second kappa shape index (κ2) is 7.92. The van der Waals surface area contributed by atoms with E-state index >= 15 is 0 Å². The van der Waals surface area contributed by atoms with Crippen LogP contribution >= 0.6 is 0 Å². The number of amides is 1. The number of benzene rings is 1. The van der Waals surface area contributed by atoms with E-state index in [1.807, 2.05) is 31.2 Å². The third-order valence-electron chi connectivity index (χ3n) is 4.12. The van der Waals surface area contributed by atoms with E-state index in [1.165, 1.54) is 15.6 Å². The van der Waals surface area contributed by atoms with Crippen LogP contribution in [0.25, 0.3) is 5.69 Å². The molecule has 2 rings (SSSR count). The summed E-state index contributed by atoms with van der Waals surface area (Å²) in [5, 5.41) is 16.5. The van der Waals surface area contributed by atoms with Crippen LogP contribution in [-0.4, -0.2) is 38.5 Å². The average molecular weight is 332 g/mol. The maximum Gasteiger partial charge on any atom is 0.350 e. The smallest absolute Gasteiger partial charge is 0.350 e. The SMILES string of the molecule is CCC([C@H](C)O)n1ncn(-c2ccc(CCC(=O)NC)cc2)c1=O. The van der Waals surface area contributed by atoms with Crippen LogP contribution in [0.3, 0.4) is 0 Å². The van der Waals surface area contributed by atoms with Gasteiger partial charge in [-0.05, 0) is 37.5 Å². The number of carbonyl (C=O) groups is 1. The molecule has 0 aliphatic heterocycles. The molecule has 1 amide bonds. The van der Waals surface area contributed by atoms with Gasteiger partial charge in [-0.1, -0.05) is 19.1 Å². The fourth-order valence-electron chi connectivity index (χ4n) is 2.65. The van der Waals surface area contributed by atoms with Crippen molar-refractivity contribution in [2.24, 2.45) is 0 Å². The molecule has 0 bridgehead atoms. The van der Waals surface area contributed by atoms with Gasteiger partial charge in [0, 0.05) is 13.5 Å². The van der Waals surface area contributed by atoms with Gasteiger partial charge >= 0.3 is 5.69 Å². The van der Waals surface area contributed by atoms with Gasteiger partial charge in [-0.2, -0.15) is 5.10 Å². The summed E-state index contributed by atoms with van der Waals surface area (Å²) < 4.78 is 2.78. The number of aliphatic hydroxyl groups excluding tert-OH is 1.